The number of para-hydroxylation sites is 1. The summed E-state index contributed by atoms with van der Waals surface area (Å²) in [4.78, 5) is 12.6. The molecule has 33 heavy (non-hydrogen) atoms. The molecule has 1 amide bonds. The van der Waals surface area contributed by atoms with Gasteiger partial charge in [-0.15, -0.1) is 0 Å². The molecule has 0 saturated carbocycles. The fourth-order valence-corrected chi connectivity index (χ4v) is 4.01. The van der Waals surface area contributed by atoms with Crippen molar-refractivity contribution in [2.75, 3.05) is 5.32 Å². The van der Waals surface area contributed by atoms with Crippen LogP contribution in [0.2, 0.25) is 10.0 Å². The number of benzene rings is 3. The van der Waals surface area contributed by atoms with Gasteiger partial charge in [0.05, 0.1) is 10.0 Å². The van der Waals surface area contributed by atoms with Crippen LogP contribution >= 0.6 is 23.2 Å². The van der Waals surface area contributed by atoms with Gasteiger partial charge in [0.1, 0.15) is 11.6 Å². The third-order valence-electron chi connectivity index (χ3n) is 5.41. The van der Waals surface area contributed by atoms with Crippen LogP contribution in [0, 0.1) is 18.3 Å². The molecule has 0 aliphatic carbocycles. The van der Waals surface area contributed by atoms with E-state index in [1.165, 1.54) is 0 Å². The molecule has 0 aliphatic heterocycles. The molecule has 1 aromatic heterocycles. The SMILES string of the molecule is Cc1ccc(NC(=O)/C(C#N)=C/Cc2cn(Cc3ccc(Cl)c(Cl)c3)c3ccccc23)cc1. The fraction of sp³-hybridized carbons (Fsp3) is 0.111. The first-order valence-electron chi connectivity index (χ1n) is 10.4. The average Bonchev–Trinajstić information content (AvgIpc) is 3.16. The molecule has 0 aliphatic rings. The standard InChI is InChI=1S/C27H21Cl2N3O/c1-18-6-11-22(12-7-18)31-27(33)20(15-30)9-10-21-17-32(26-5-3-2-4-23(21)26)16-19-8-13-24(28)25(29)14-19/h2-9,11-14,17H,10,16H2,1H3,(H,31,33)/b20-9+. The molecular formula is C27H21Cl2N3O. The van der Waals surface area contributed by atoms with Crippen molar-refractivity contribution >= 4 is 45.7 Å². The molecule has 0 spiro atoms. The lowest BCUT2D eigenvalue weighted by Gasteiger charge is -2.07. The van der Waals surface area contributed by atoms with Crippen molar-refractivity contribution in [3.63, 3.8) is 0 Å². The van der Waals surface area contributed by atoms with Crippen molar-refractivity contribution in [3.8, 4) is 6.07 Å². The number of carbonyl (C=O) groups excluding carboxylic acids is 1. The van der Waals surface area contributed by atoms with Gasteiger partial charge in [-0.1, -0.05) is 71.2 Å². The second-order valence-electron chi connectivity index (χ2n) is 7.80. The normalized spacial score (nSPS) is 11.4. The molecule has 4 aromatic rings. The Morgan fingerprint density at radius 2 is 1.82 bits per heavy atom. The predicted octanol–water partition coefficient (Wildman–Crippen LogP) is 6.94. The van der Waals surface area contributed by atoms with E-state index in [4.69, 9.17) is 23.2 Å². The van der Waals surface area contributed by atoms with Crippen LogP contribution in [0.15, 0.2) is 84.6 Å². The Kier molecular flexibility index (Phi) is 6.84. The number of allylic oxidation sites excluding steroid dienone is 1. The van der Waals surface area contributed by atoms with Crippen LogP contribution < -0.4 is 5.32 Å². The second kappa shape index (κ2) is 9.95. The van der Waals surface area contributed by atoms with Crippen LogP contribution in [0.5, 0.6) is 0 Å². The lowest BCUT2D eigenvalue weighted by Crippen LogP contribution is -2.13. The number of rotatable bonds is 6. The lowest BCUT2D eigenvalue weighted by molar-refractivity contribution is -0.112. The Morgan fingerprint density at radius 3 is 2.55 bits per heavy atom. The number of carbonyl (C=O) groups is 1. The zero-order valence-electron chi connectivity index (χ0n) is 18.0. The van der Waals surface area contributed by atoms with Crippen LogP contribution in [0.1, 0.15) is 16.7 Å². The second-order valence-corrected chi connectivity index (χ2v) is 8.62. The van der Waals surface area contributed by atoms with E-state index in [0.717, 1.165) is 27.6 Å². The molecule has 0 unspecified atom stereocenters. The smallest absolute Gasteiger partial charge is 0.265 e. The van der Waals surface area contributed by atoms with E-state index >= 15 is 0 Å². The molecule has 4 nitrogen and oxygen atoms in total. The molecule has 164 valence electrons. The largest absolute Gasteiger partial charge is 0.343 e. The molecular weight excluding hydrogens is 453 g/mol. The fourth-order valence-electron chi connectivity index (χ4n) is 3.69. The number of aryl methyl sites for hydroxylation is 1. The van der Waals surface area contributed by atoms with Gasteiger partial charge in [0.25, 0.3) is 5.91 Å². The maximum absolute atomic E-state index is 12.6. The van der Waals surface area contributed by atoms with E-state index < -0.39 is 5.91 Å². The summed E-state index contributed by atoms with van der Waals surface area (Å²) < 4.78 is 2.14. The number of nitrogens with zero attached hydrogens (tertiary/aromatic N) is 2. The van der Waals surface area contributed by atoms with Gasteiger partial charge in [0.15, 0.2) is 0 Å². The van der Waals surface area contributed by atoms with Gasteiger partial charge in [-0.3, -0.25) is 4.79 Å². The third-order valence-corrected chi connectivity index (χ3v) is 6.15. The average molecular weight is 474 g/mol. The van der Waals surface area contributed by atoms with E-state index in [-0.39, 0.29) is 5.57 Å². The highest BCUT2D eigenvalue weighted by atomic mass is 35.5. The van der Waals surface area contributed by atoms with E-state index in [1.807, 2.05) is 67.6 Å². The summed E-state index contributed by atoms with van der Waals surface area (Å²) in [5, 5.41) is 14.5. The van der Waals surface area contributed by atoms with Crippen LogP contribution in [0.3, 0.4) is 0 Å². The van der Waals surface area contributed by atoms with E-state index in [2.05, 4.69) is 22.1 Å². The van der Waals surface area contributed by atoms with Crippen LogP contribution in [-0.4, -0.2) is 10.5 Å². The van der Waals surface area contributed by atoms with Gasteiger partial charge in [0.2, 0.25) is 0 Å². The molecule has 0 atom stereocenters. The molecule has 1 heterocycles. The highest BCUT2D eigenvalue weighted by molar-refractivity contribution is 6.42. The minimum atomic E-state index is -0.416. The summed E-state index contributed by atoms with van der Waals surface area (Å²) in [5.41, 5.74) is 4.96. The number of amides is 1. The van der Waals surface area contributed by atoms with E-state index in [0.29, 0.717) is 28.7 Å². The summed E-state index contributed by atoms with van der Waals surface area (Å²) in [7, 11) is 0. The maximum Gasteiger partial charge on any atom is 0.265 e. The third kappa shape index (κ3) is 5.28. The minimum Gasteiger partial charge on any atom is -0.343 e. The molecule has 1 N–H and O–H groups in total. The number of nitrogens with one attached hydrogen (secondary N) is 1. The van der Waals surface area contributed by atoms with E-state index in [1.54, 1.807) is 12.1 Å². The topological polar surface area (TPSA) is 57.8 Å². The zero-order valence-corrected chi connectivity index (χ0v) is 19.5. The van der Waals surface area contributed by atoms with E-state index in [9.17, 15) is 10.1 Å². The monoisotopic (exact) mass is 473 g/mol. The summed E-state index contributed by atoms with van der Waals surface area (Å²) >= 11 is 12.2. The molecule has 0 bridgehead atoms. The summed E-state index contributed by atoms with van der Waals surface area (Å²) in [6.45, 7) is 2.60. The Morgan fingerprint density at radius 1 is 1.06 bits per heavy atom. The molecule has 0 fully saturated rings. The van der Waals surface area contributed by atoms with Crippen LogP contribution in [-0.2, 0) is 17.8 Å². The van der Waals surface area contributed by atoms with Crippen molar-refractivity contribution < 1.29 is 4.79 Å². The molecule has 3 aromatic carbocycles. The van der Waals surface area contributed by atoms with Gasteiger partial charge in [-0.25, -0.2) is 0 Å². The quantitative estimate of drug-likeness (QED) is 0.243. The highest BCUT2D eigenvalue weighted by Gasteiger charge is 2.12. The van der Waals surface area contributed by atoms with Gasteiger partial charge in [0, 0.05) is 29.3 Å². The first-order valence-corrected chi connectivity index (χ1v) is 11.2. The van der Waals surface area contributed by atoms with Crippen LogP contribution in [0.4, 0.5) is 5.69 Å². The van der Waals surface area contributed by atoms with Crippen molar-refractivity contribution in [2.24, 2.45) is 0 Å². The minimum absolute atomic E-state index is 0.0805. The Labute approximate surface area is 202 Å². The molecule has 0 saturated heterocycles. The Bertz CT molecular complexity index is 1400. The highest BCUT2D eigenvalue weighted by Crippen LogP contribution is 2.26. The lowest BCUT2D eigenvalue weighted by atomic mass is 10.1. The molecule has 6 heteroatoms. The number of hydrogen-bond acceptors (Lipinski definition) is 2. The Balaban J connectivity index is 1.58. The number of halogens is 2. The van der Waals surface area contributed by atoms with Gasteiger partial charge in [-0.2, -0.15) is 5.26 Å². The van der Waals surface area contributed by atoms with Crippen molar-refractivity contribution in [2.45, 2.75) is 19.9 Å². The number of fused-ring (bicyclic) bond motifs is 1. The van der Waals surface area contributed by atoms with Crippen molar-refractivity contribution in [3.05, 3.63) is 111 Å². The van der Waals surface area contributed by atoms with Crippen LogP contribution in [0.25, 0.3) is 10.9 Å². The van der Waals surface area contributed by atoms with Gasteiger partial charge < -0.3 is 9.88 Å². The number of nitriles is 1. The van der Waals surface area contributed by atoms with Crippen molar-refractivity contribution in [1.82, 2.24) is 4.57 Å². The zero-order chi connectivity index (χ0) is 23.4. The first kappa shape index (κ1) is 22.7. The molecule has 0 radical (unpaired) electrons. The Hall–Kier alpha value is -3.52. The predicted molar refractivity (Wildman–Crippen MR) is 135 cm³/mol. The molecule has 4 rings (SSSR count). The summed E-state index contributed by atoms with van der Waals surface area (Å²) in [5.74, 6) is -0.416. The number of aromatic nitrogens is 1. The number of hydrogen-bond donors (Lipinski definition) is 1. The first-order chi connectivity index (χ1) is 15.9. The van der Waals surface area contributed by atoms with Gasteiger partial charge in [-0.05, 0) is 54.8 Å². The van der Waals surface area contributed by atoms with Gasteiger partial charge >= 0.3 is 0 Å². The summed E-state index contributed by atoms with van der Waals surface area (Å²) in [6.07, 6.45) is 4.18. The number of anilines is 1. The maximum atomic E-state index is 12.6. The van der Waals surface area contributed by atoms with Crippen molar-refractivity contribution in [1.29, 1.82) is 5.26 Å². The summed E-state index contributed by atoms with van der Waals surface area (Å²) in [6, 6.07) is 23.2.